The molecule has 0 spiro atoms. The predicted molar refractivity (Wildman–Crippen MR) is 110 cm³/mol. The van der Waals surface area contributed by atoms with Crippen LogP contribution in [0.4, 0.5) is 0 Å². The van der Waals surface area contributed by atoms with E-state index in [0.717, 1.165) is 18.4 Å². The van der Waals surface area contributed by atoms with Gasteiger partial charge in [-0.15, -0.1) is 0 Å². The van der Waals surface area contributed by atoms with Gasteiger partial charge in [0.05, 0.1) is 26.4 Å². The lowest BCUT2D eigenvalue weighted by molar-refractivity contribution is -0.0672. The number of halogens is 1. The number of hydrogen-bond acceptors (Lipinski definition) is 3. The van der Waals surface area contributed by atoms with E-state index in [1.807, 2.05) is 36.4 Å². The van der Waals surface area contributed by atoms with Crippen molar-refractivity contribution in [1.82, 2.24) is 0 Å². The second-order valence-electron chi connectivity index (χ2n) is 6.24. The third kappa shape index (κ3) is 9.48. The average Bonchev–Trinajstić information content (AvgIpc) is 2.69. The largest absolute Gasteiger partial charge is 0.374 e. The van der Waals surface area contributed by atoms with Gasteiger partial charge in [0.2, 0.25) is 0 Å². The maximum absolute atomic E-state index is 6.00. The SMILES string of the molecule is BrCCCCCOC(COCc1ccccc1)COCc1ccccc1. The molecule has 0 radical (unpaired) electrons. The van der Waals surface area contributed by atoms with Crippen molar-refractivity contribution in [3.05, 3.63) is 71.8 Å². The summed E-state index contributed by atoms with van der Waals surface area (Å²) >= 11 is 3.46. The minimum atomic E-state index is -0.0357. The Kier molecular flexibility index (Phi) is 11.3. The zero-order chi connectivity index (χ0) is 18.3. The summed E-state index contributed by atoms with van der Waals surface area (Å²) in [6.45, 7) is 3.04. The summed E-state index contributed by atoms with van der Waals surface area (Å²) in [6, 6.07) is 20.4. The topological polar surface area (TPSA) is 27.7 Å². The standard InChI is InChI=1S/C22H29BrO3/c23-14-8-3-9-15-26-22(18-24-16-20-10-4-1-5-11-20)19-25-17-21-12-6-2-7-13-21/h1-2,4-7,10-13,22H,3,8-9,14-19H2. The quantitative estimate of drug-likeness (QED) is 0.303. The summed E-state index contributed by atoms with van der Waals surface area (Å²) in [5, 5.41) is 1.05. The van der Waals surface area contributed by atoms with E-state index in [9.17, 15) is 0 Å². The predicted octanol–water partition coefficient (Wildman–Crippen LogP) is 5.37. The summed E-state index contributed by atoms with van der Waals surface area (Å²) < 4.78 is 17.7. The lowest BCUT2D eigenvalue weighted by Crippen LogP contribution is -2.26. The molecule has 0 aliphatic rings. The number of alkyl halides is 1. The number of rotatable bonds is 14. The number of ether oxygens (including phenoxy) is 3. The van der Waals surface area contributed by atoms with Gasteiger partial charge in [-0.05, 0) is 24.0 Å². The van der Waals surface area contributed by atoms with Crippen molar-refractivity contribution in [3.8, 4) is 0 Å². The summed E-state index contributed by atoms with van der Waals surface area (Å²) in [5.41, 5.74) is 2.35. The fourth-order valence-corrected chi connectivity index (χ4v) is 2.93. The molecule has 0 fully saturated rings. The normalized spacial score (nSPS) is 11.2. The van der Waals surface area contributed by atoms with Crippen LogP contribution in [0.15, 0.2) is 60.7 Å². The van der Waals surface area contributed by atoms with Gasteiger partial charge in [0.1, 0.15) is 6.10 Å². The average molecular weight is 421 g/mol. The van der Waals surface area contributed by atoms with E-state index in [2.05, 4.69) is 40.2 Å². The fraction of sp³-hybridized carbons (Fsp3) is 0.455. The van der Waals surface area contributed by atoms with Crippen molar-refractivity contribution in [3.63, 3.8) is 0 Å². The van der Waals surface area contributed by atoms with Crippen molar-refractivity contribution in [1.29, 1.82) is 0 Å². The third-order valence-electron chi connectivity index (χ3n) is 3.96. The Morgan fingerprint density at radius 2 is 1.23 bits per heavy atom. The Morgan fingerprint density at radius 3 is 1.73 bits per heavy atom. The van der Waals surface area contributed by atoms with E-state index in [1.165, 1.54) is 24.0 Å². The number of benzene rings is 2. The molecule has 2 rings (SSSR count). The summed E-state index contributed by atoms with van der Waals surface area (Å²) in [4.78, 5) is 0. The molecule has 0 saturated heterocycles. The first kappa shape index (κ1) is 21.1. The van der Waals surface area contributed by atoms with Crippen molar-refractivity contribution in [2.75, 3.05) is 25.2 Å². The van der Waals surface area contributed by atoms with Gasteiger partial charge in [0, 0.05) is 11.9 Å². The molecule has 0 saturated carbocycles. The van der Waals surface area contributed by atoms with E-state index in [1.54, 1.807) is 0 Å². The highest BCUT2D eigenvalue weighted by atomic mass is 79.9. The first-order valence-corrected chi connectivity index (χ1v) is 10.4. The van der Waals surface area contributed by atoms with Crippen LogP contribution in [0.25, 0.3) is 0 Å². The van der Waals surface area contributed by atoms with Crippen molar-refractivity contribution >= 4 is 15.9 Å². The zero-order valence-electron chi connectivity index (χ0n) is 15.3. The second kappa shape index (κ2) is 13.9. The first-order chi connectivity index (χ1) is 12.9. The lowest BCUT2D eigenvalue weighted by Gasteiger charge is -2.18. The van der Waals surface area contributed by atoms with E-state index >= 15 is 0 Å². The molecule has 2 aromatic rings. The molecule has 26 heavy (non-hydrogen) atoms. The maximum Gasteiger partial charge on any atom is 0.104 e. The van der Waals surface area contributed by atoms with Gasteiger partial charge in [-0.1, -0.05) is 83.0 Å². The fourth-order valence-electron chi connectivity index (χ4n) is 2.53. The van der Waals surface area contributed by atoms with Gasteiger partial charge in [-0.3, -0.25) is 0 Å². The molecule has 0 amide bonds. The maximum atomic E-state index is 6.00. The molecule has 0 aromatic heterocycles. The molecule has 0 bridgehead atoms. The smallest absolute Gasteiger partial charge is 0.104 e. The van der Waals surface area contributed by atoms with Crippen molar-refractivity contribution in [2.45, 2.75) is 38.6 Å². The van der Waals surface area contributed by atoms with Gasteiger partial charge < -0.3 is 14.2 Å². The van der Waals surface area contributed by atoms with Crippen LogP contribution in [-0.4, -0.2) is 31.3 Å². The Hall–Kier alpha value is -1.20. The van der Waals surface area contributed by atoms with Crippen LogP contribution in [0, 0.1) is 0 Å². The van der Waals surface area contributed by atoms with Crippen LogP contribution in [0.5, 0.6) is 0 Å². The number of hydrogen-bond donors (Lipinski definition) is 0. The summed E-state index contributed by atoms with van der Waals surface area (Å²) in [7, 11) is 0. The number of unbranched alkanes of at least 4 members (excludes halogenated alkanes) is 2. The van der Waals surface area contributed by atoms with Gasteiger partial charge in [0.25, 0.3) is 0 Å². The lowest BCUT2D eigenvalue weighted by atomic mass is 10.2. The minimum Gasteiger partial charge on any atom is -0.374 e. The van der Waals surface area contributed by atoms with Crippen molar-refractivity contribution in [2.24, 2.45) is 0 Å². The highest BCUT2D eigenvalue weighted by molar-refractivity contribution is 9.09. The van der Waals surface area contributed by atoms with Crippen LogP contribution in [-0.2, 0) is 27.4 Å². The van der Waals surface area contributed by atoms with Gasteiger partial charge >= 0.3 is 0 Å². The highest BCUT2D eigenvalue weighted by Gasteiger charge is 2.10. The van der Waals surface area contributed by atoms with Gasteiger partial charge in [-0.2, -0.15) is 0 Å². The van der Waals surface area contributed by atoms with Gasteiger partial charge in [0.15, 0.2) is 0 Å². The molecule has 2 aromatic carbocycles. The highest BCUT2D eigenvalue weighted by Crippen LogP contribution is 2.07. The van der Waals surface area contributed by atoms with Crippen LogP contribution in [0.3, 0.4) is 0 Å². The van der Waals surface area contributed by atoms with Crippen LogP contribution in [0.1, 0.15) is 30.4 Å². The van der Waals surface area contributed by atoms with Gasteiger partial charge in [-0.25, -0.2) is 0 Å². The van der Waals surface area contributed by atoms with Crippen LogP contribution in [0.2, 0.25) is 0 Å². The molecule has 0 N–H and O–H groups in total. The molecule has 142 valence electrons. The molecule has 3 nitrogen and oxygen atoms in total. The first-order valence-electron chi connectivity index (χ1n) is 9.29. The molecular weight excluding hydrogens is 392 g/mol. The zero-order valence-corrected chi connectivity index (χ0v) is 16.9. The molecule has 0 heterocycles. The Balaban J connectivity index is 1.70. The second-order valence-corrected chi connectivity index (χ2v) is 7.04. The van der Waals surface area contributed by atoms with Crippen molar-refractivity contribution < 1.29 is 14.2 Å². The molecule has 0 aliphatic carbocycles. The Morgan fingerprint density at radius 1 is 0.692 bits per heavy atom. The van der Waals surface area contributed by atoms with E-state index in [4.69, 9.17) is 14.2 Å². The third-order valence-corrected chi connectivity index (χ3v) is 4.52. The van der Waals surface area contributed by atoms with E-state index < -0.39 is 0 Å². The van der Waals surface area contributed by atoms with Crippen LogP contribution >= 0.6 is 15.9 Å². The van der Waals surface area contributed by atoms with E-state index in [0.29, 0.717) is 26.4 Å². The van der Waals surface area contributed by atoms with Crippen LogP contribution < -0.4 is 0 Å². The minimum absolute atomic E-state index is 0.0357. The molecule has 0 unspecified atom stereocenters. The Bertz CT molecular complexity index is 517. The summed E-state index contributed by atoms with van der Waals surface area (Å²) in [5.74, 6) is 0. The Labute approximate surface area is 165 Å². The molecule has 4 heteroatoms. The molecule has 0 aliphatic heterocycles. The van der Waals surface area contributed by atoms with E-state index in [-0.39, 0.29) is 6.10 Å². The molecule has 0 atom stereocenters. The molecular formula is C22H29BrO3. The summed E-state index contributed by atoms with van der Waals surface area (Å²) in [6.07, 6.45) is 3.39. The monoisotopic (exact) mass is 420 g/mol.